The Labute approximate surface area is 143 Å². The summed E-state index contributed by atoms with van der Waals surface area (Å²) in [6.45, 7) is 5.10. The highest BCUT2D eigenvalue weighted by Crippen LogP contribution is 2.37. The Balaban J connectivity index is 1.82. The third-order valence-electron chi connectivity index (χ3n) is 4.47. The van der Waals surface area contributed by atoms with Crippen LogP contribution in [0.2, 0.25) is 10.0 Å². The van der Waals surface area contributed by atoms with Gasteiger partial charge in [0.05, 0.1) is 16.1 Å². The van der Waals surface area contributed by atoms with Crippen LogP contribution in [0.25, 0.3) is 5.78 Å². The van der Waals surface area contributed by atoms with E-state index < -0.39 is 0 Å². The molecule has 4 rings (SSSR count). The van der Waals surface area contributed by atoms with E-state index in [0.717, 1.165) is 30.0 Å². The molecular weight excluding hydrogens is 333 g/mol. The van der Waals surface area contributed by atoms with Crippen LogP contribution < -0.4 is 4.90 Å². The van der Waals surface area contributed by atoms with E-state index in [1.54, 1.807) is 6.33 Å². The van der Waals surface area contributed by atoms with Gasteiger partial charge in [-0.2, -0.15) is 14.6 Å². The molecular formula is C16H15Cl2N5. The molecule has 1 aliphatic rings. The molecule has 0 amide bonds. The summed E-state index contributed by atoms with van der Waals surface area (Å²) in [5.74, 6) is 1.71. The number of halogens is 2. The standard InChI is InChI=1S/C16H15Cl2N5/c1-9-12-5-6-22(15(12)23-16(21-9)19-8-20-23)10(2)11-3-4-13(17)14(18)7-11/h3-4,7-8,10H,5-6H2,1-2H3/t10-/m0/s1. The minimum atomic E-state index is 0.153. The number of aromatic nitrogens is 4. The molecule has 1 aliphatic heterocycles. The van der Waals surface area contributed by atoms with E-state index in [1.807, 2.05) is 29.6 Å². The third-order valence-corrected chi connectivity index (χ3v) is 5.21. The minimum absolute atomic E-state index is 0.153. The van der Waals surface area contributed by atoms with Gasteiger partial charge in [0, 0.05) is 17.8 Å². The van der Waals surface area contributed by atoms with Crippen molar-refractivity contribution in [3.63, 3.8) is 0 Å². The van der Waals surface area contributed by atoms with E-state index in [9.17, 15) is 0 Å². The summed E-state index contributed by atoms with van der Waals surface area (Å²) in [6.07, 6.45) is 2.50. The van der Waals surface area contributed by atoms with Gasteiger partial charge in [-0.1, -0.05) is 29.3 Å². The Bertz CT molecular complexity index is 905. The van der Waals surface area contributed by atoms with Gasteiger partial charge in [0.25, 0.3) is 5.78 Å². The molecule has 0 saturated heterocycles. The second-order valence-electron chi connectivity index (χ2n) is 5.76. The van der Waals surface area contributed by atoms with Gasteiger partial charge in [-0.15, -0.1) is 0 Å². The largest absolute Gasteiger partial charge is 0.349 e. The molecule has 0 saturated carbocycles. The molecule has 118 valence electrons. The van der Waals surface area contributed by atoms with Gasteiger partial charge < -0.3 is 4.90 Å². The van der Waals surface area contributed by atoms with Crippen molar-refractivity contribution in [1.82, 2.24) is 19.6 Å². The average Bonchev–Trinajstić information content (AvgIpc) is 3.15. The van der Waals surface area contributed by atoms with Gasteiger partial charge in [0.2, 0.25) is 0 Å². The first-order valence-electron chi connectivity index (χ1n) is 7.47. The van der Waals surface area contributed by atoms with Crippen molar-refractivity contribution in [1.29, 1.82) is 0 Å². The van der Waals surface area contributed by atoms with Crippen molar-refractivity contribution in [2.24, 2.45) is 0 Å². The van der Waals surface area contributed by atoms with Gasteiger partial charge >= 0.3 is 0 Å². The minimum Gasteiger partial charge on any atom is -0.349 e. The summed E-state index contributed by atoms with van der Waals surface area (Å²) >= 11 is 12.2. The molecule has 23 heavy (non-hydrogen) atoms. The molecule has 0 N–H and O–H groups in total. The lowest BCUT2D eigenvalue weighted by atomic mass is 10.1. The third kappa shape index (κ3) is 2.26. The first-order valence-corrected chi connectivity index (χ1v) is 8.22. The zero-order valence-corrected chi connectivity index (χ0v) is 14.3. The lowest BCUT2D eigenvalue weighted by Gasteiger charge is -2.28. The van der Waals surface area contributed by atoms with Crippen molar-refractivity contribution in [3.05, 3.63) is 51.4 Å². The summed E-state index contributed by atoms with van der Waals surface area (Å²) in [4.78, 5) is 11.1. The van der Waals surface area contributed by atoms with E-state index >= 15 is 0 Å². The Hall–Kier alpha value is -1.85. The van der Waals surface area contributed by atoms with Crippen molar-refractivity contribution >= 4 is 34.8 Å². The SMILES string of the molecule is Cc1nc2ncnn2c2c1CCN2[C@@H](C)c1ccc(Cl)c(Cl)c1. The highest BCUT2D eigenvalue weighted by molar-refractivity contribution is 6.42. The van der Waals surface area contributed by atoms with Crippen LogP contribution in [-0.2, 0) is 6.42 Å². The van der Waals surface area contributed by atoms with Crippen molar-refractivity contribution in [3.8, 4) is 0 Å². The molecule has 5 nitrogen and oxygen atoms in total. The highest BCUT2D eigenvalue weighted by atomic mass is 35.5. The van der Waals surface area contributed by atoms with Gasteiger partial charge in [-0.05, 0) is 38.0 Å². The second-order valence-corrected chi connectivity index (χ2v) is 6.58. The zero-order valence-electron chi connectivity index (χ0n) is 12.8. The van der Waals surface area contributed by atoms with E-state index in [1.165, 1.54) is 5.56 Å². The molecule has 0 unspecified atom stereocenters. The number of hydrogen-bond acceptors (Lipinski definition) is 4. The summed E-state index contributed by atoms with van der Waals surface area (Å²) in [5.41, 5.74) is 3.37. The fourth-order valence-electron chi connectivity index (χ4n) is 3.22. The Morgan fingerprint density at radius 2 is 2.04 bits per heavy atom. The topological polar surface area (TPSA) is 46.3 Å². The van der Waals surface area contributed by atoms with Crippen LogP contribution in [0.4, 0.5) is 5.82 Å². The van der Waals surface area contributed by atoms with Crippen LogP contribution in [0, 0.1) is 6.92 Å². The predicted octanol–water partition coefficient (Wildman–Crippen LogP) is 3.86. The number of benzene rings is 1. The molecule has 0 aliphatic carbocycles. The maximum Gasteiger partial charge on any atom is 0.254 e. The quantitative estimate of drug-likeness (QED) is 0.706. The monoisotopic (exact) mass is 347 g/mol. The second kappa shape index (κ2) is 5.35. The molecule has 1 aromatic carbocycles. The van der Waals surface area contributed by atoms with Crippen LogP contribution in [0.1, 0.15) is 29.8 Å². The number of aryl methyl sites for hydroxylation is 1. The fourth-order valence-corrected chi connectivity index (χ4v) is 3.53. The molecule has 2 aromatic heterocycles. The van der Waals surface area contributed by atoms with Gasteiger partial charge in [0.15, 0.2) is 0 Å². The van der Waals surface area contributed by atoms with E-state index in [0.29, 0.717) is 15.8 Å². The molecule has 0 spiro atoms. The number of rotatable bonds is 2. The molecule has 0 bridgehead atoms. The van der Waals surface area contributed by atoms with Crippen LogP contribution in [0.3, 0.4) is 0 Å². The Kier molecular flexibility index (Phi) is 3.43. The number of fused-ring (bicyclic) bond motifs is 3. The Morgan fingerprint density at radius 3 is 2.83 bits per heavy atom. The maximum atomic E-state index is 6.18. The molecule has 0 radical (unpaired) electrons. The normalized spacial score (nSPS) is 15.2. The smallest absolute Gasteiger partial charge is 0.254 e. The predicted molar refractivity (Wildman–Crippen MR) is 91.4 cm³/mol. The molecule has 0 fully saturated rings. The van der Waals surface area contributed by atoms with Gasteiger partial charge in [0.1, 0.15) is 12.1 Å². The van der Waals surface area contributed by atoms with Crippen LogP contribution in [-0.4, -0.2) is 26.1 Å². The molecule has 3 aromatic rings. The summed E-state index contributed by atoms with van der Waals surface area (Å²) in [6, 6.07) is 5.94. The summed E-state index contributed by atoms with van der Waals surface area (Å²) in [5, 5.41) is 5.49. The number of nitrogens with zero attached hydrogens (tertiary/aromatic N) is 5. The number of hydrogen-bond donors (Lipinski definition) is 0. The van der Waals surface area contributed by atoms with Gasteiger partial charge in [-0.3, -0.25) is 0 Å². The molecule has 7 heteroatoms. The first-order chi connectivity index (χ1) is 11.1. The van der Waals surface area contributed by atoms with Gasteiger partial charge in [-0.25, -0.2) is 4.98 Å². The van der Waals surface area contributed by atoms with Crippen LogP contribution in [0.5, 0.6) is 0 Å². The first kappa shape index (κ1) is 14.7. The van der Waals surface area contributed by atoms with E-state index in [4.69, 9.17) is 23.2 Å². The summed E-state index contributed by atoms with van der Waals surface area (Å²) < 4.78 is 1.82. The maximum absolute atomic E-state index is 6.18. The lowest BCUT2D eigenvalue weighted by molar-refractivity contribution is 0.678. The van der Waals surface area contributed by atoms with E-state index in [-0.39, 0.29) is 6.04 Å². The summed E-state index contributed by atoms with van der Waals surface area (Å²) in [7, 11) is 0. The van der Waals surface area contributed by atoms with E-state index in [2.05, 4.69) is 26.9 Å². The fraction of sp³-hybridized carbons (Fsp3) is 0.312. The van der Waals surface area contributed by atoms with Crippen molar-refractivity contribution in [2.75, 3.05) is 11.4 Å². The Morgan fingerprint density at radius 1 is 1.22 bits per heavy atom. The van der Waals surface area contributed by atoms with Crippen LogP contribution >= 0.6 is 23.2 Å². The lowest BCUT2D eigenvalue weighted by Crippen LogP contribution is -2.26. The highest BCUT2D eigenvalue weighted by Gasteiger charge is 2.30. The van der Waals surface area contributed by atoms with Crippen molar-refractivity contribution < 1.29 is 0 Å². The number of anilines is 1. The zero-order chi connectivity index (χ0) is 16.1. The molecule has 1 atom stereocenters. The van der Waals surface area contributed by atoms with Crippen LogP contribution in [0.15, 0.2) is 24.5 Å². The average molecular weight is 348 g/mol. The van der Waals surface area contributed by atoms with Crippen molar-refractivity contribution in [2.45, 2.75) is 26.3 Å². The molecule has 3 heterocycles.